The van der Waals surface area contributed by atoms with E-state index in [1.807, 2.05) is 46.1 Å². The van der Waals surface area contributed by atoms with Crippen molar-refractivity contribution in [2.75, 3.05) is 20.6 Å². The molecule has 5 heteroatoms. The molecule has 0 aromatic heterocycles. The van der Waals surface area contributed by atoms with Crippen molar-refractivity contribution < 1.29 is 13.6 Å². The van der Waals surface area contributed by atoms with Crippen LogP contribution in [0.5, 0.6) is 0 Å². The predicted molar refractivity (Wildman–Crippen MR) is 108 cm³/mol. The zero-order valence-corrected chi connectivity index (χ0v) is 17.0. The fraction of sp³-hybridized carbons (Fsp3) is 0.435. The van der Waals surface area contributed by atoms with Gasteiger partial charge in [-0.1, -0.05) is 24.6 Å². The van der Waals surface area contributed by atoms with Gasteiger partial charge in [0.1, 0.15) is 11.6 Å². The molecule has 1 aliphatic carbocycles. The van der Waals surface area contributed by atoms with E-state index in [-0.39, 0.29) is 17.4 Å². The van der Waals surface area contributed by atoms with E-state index in [0.29, 0.717) is 17.7 Å². The van der Waals surface area contributed by atoms with Crippen LogP contribution in [0.25, 0.3) is 0 Å². The van der Waals surface area contributed by atoms with Crippen LogP contribution in [0.4, 0.5) is 8.78 Å². The summed E-state index contributed by atoms with van der Waals surface area (Å²) in [7, 11) is 3.94. The summed E-state index contributed by atoms with van der Waals surface area (Å²) < 4.78 is 27.7. The molecule has 150 valence electrons. The first kappa shape index (κ1) is 20.5. The van der Waals surface area contributed by atoms with E-state index in [4.69, 9.17) is 0 Å². The average Bonchev–Trinajstić information content (AvgIpc) is 3.04. The first-order chi connectivity index (χ1) is 13.2. The molecule has 1 N–H and O–H groups in total. The maximum atomic E-state index is 13.8. The van der Waals surface area contributed by atoms with Crippen molar-refractivity contribution in [2.45, 2.75) is 44.6 Å². The highest BCUT2D eigenvalue weighted by atomic mass is 19.1. The lowest BCUT2D eigenvalue weighted by molar-refractivity contribution is 0.0877. The van der Waals surface area contributed by atoms with Crippen LogP contribution >= 0.6 is 0 Å². The molecule has 2 aromatic rings. The first-order valence-electron chi connectivity index (χ1n) is 9.72. The topological polar surface area (TPSA) is 32.3 Å². The molecule has 2 aromatic carbocycles. The Morgan fingerprint density at radius 1 is 1.14 bits per heavy atom. The molecule has 0 aliphatic heterocycles. The van der Waals surface area contributed by atoms with Gasteiger partial charge in [0.15, 0.2) is 0 Å². The zero-order valence-electron chi connectivity index (χ0n) is 17.0. The summed E-state index contributed by atoms with van der Waals surface area (Å²) >= 11 is 0. The minimum Gasteiger partial charge on any atom is -0.350 e. The highest BCUT2D eigenvalue weighted by molar-refractivity contribution is 5.97. The van der Waals surface area contributed by atoms with Crippen LogP contribution in [0.2, 0.25) is 0 Å². The Morgan fingerprint density at radius 3 is 2.32 bits per heavy atom. The minimum absolute atomic E-state index is 0.0500. The van der Waals surface area contributed by atoms with Gasteiger partial charge in [0, 0.05) is 29.6 Å². The zero-order chi connectivity index (χ0) is 20.5. The van der Waals surface area contributed by atoms with Crippen molar-refractivity contribution in [1.82, 2.24) is 10.2 Å². The second-order valence-electron chi connectivity index (χ2n) is 8.10. The molecule has 0 spiro atoms. The van der Waals surface area contributed by atoms with E-state index in [2.05, 4.69) is 10.2 Å². The Labute approximate surface area is 165 Å². The van der Waals surface area contributed by atoms with Gasteiger partial charge < -0.3 is 10.2 Å². The van der Waals surface area contributed by atoms with Gasteiger partial charge in [-0.05, 0) is 69.6 Å². The number of benzene rings is 2. The number of likely N-dealkylation sites (N-methyl/N-ethyl adjacent to an activating group) is 1. The maximum Gasteiger partial charge on any atom is 0.251 e. The highest BCUT2D eigenvalue weighted by Crippen LogP contribution is 2.45. The van der Waals surface area contributed by atoms with E-state index >= 15 is 0 Å². The Hall–Kier alpha value is -2.27. The summed E-state index contributed by atoms with van der Waals surface area (Å²) in [6.45, 7) is 4.28. The molecule has 2 atom stereocenters. The van der Waals surface area contributed by atoms with E-state index in [9.17, 15) is 13.6 Å². The van der Waals surface area contributed by atoms with Gasteiger partial charge in [-0.25, -0.2) is 8.78 Å². The summed E-state index contributed by atoms with van der Waals surface area (Å²) in [4.78, 5) is 15.0. The average molecular weight is 386 g/mol. The van der Waals surface area contributed by atoms with Gasteiger partial charge in [0.25, 0.3) is 5.91 Å². The third-order valence-corrected chi connectivity index (χ3v) is 6.19. The second-order valence-corrected chi connectivity index (χ2v) is 8.10. The summed E-state index contributed by atoms with van der Waals surface area (Å²) in [5, 5.41) is 3.11. The van der Waals surface area contributed by atoms with Crippen LogP contribution in [0.1, 0.15) is 52.2 Å². The number of aryl methyl sites for hydroxylation is 2. The summed E-state index contributed by atoms with van der Waals surface area (Å²) in [5.74, 6) is -1.28. The van der Waals surface area contributed by atoms with Crippen molar-refractivity contribution in [2.24, 2.45) is 0 Å². The number of carbonyl (C=O) groups is 1. The second kappa shape index (κ2) is 8.00. The largest absolute Gasteiger partial charge is 0.350 e. The molecule has 0 radical (unpaired) electrons. The lowest BCUT2D eigenvalue weighted by Crippen LogP contribution is -2.54. The van der Waals surface area contributed by atoms with Crippen LogP contribution in [-0.4, -0.2) is 37.0 Å². The lowest BCUT2D eigenvalue weighted by Gasteiger charge is -2.42. The molecule has 0 bridgehead atoms. The van der Waals surface area contributed by atoms with Crippen LogP contribution < -0.4 is 5.32 Å². The van der Waals surface area contributed by atoms with Crippen LogP contribution in [0.3, 0.4) is 0 Å². The molecule has 3 rings (SSSR count). The number of rotatable bonds is 5. The highest BCUT2D eigenvalue weighted by Gasteiger charge is 2.45. The smallest absolute Gasteiger partial charge is 0.251 e. The Balaban J connectivity index is 1.88. The predicted octanol–water partition coefficient (Wildman–Crippen LogP) is 4.58. The van der Waals surface area contributed by atoms with Crippen molar-refractivity contribution in [3.05, 3.63) is 70.3 Å². The molecule has 28 heavy (non-hydrogen) atoms. The molecule has 1 amide bonds. The molecular weight excluding hydrogens is 358 g/mol. The van der Waals surface area contributed by atoms with Crippen molar-refractivity contribution in [3.8, 4) is 0 Å². The van der Waals surface area contributed by atoms with E-state index in [1.165, 1.54) is 12.1 Å². The Morgan fingerprint density at radius 2 is 1.75 bits per heavy atom. The van der Waals surface area contributed by atoms with Crippen molar-refractivity contribution in [3.63, 3.8) is 0 Å². The standard InChI is InChI=1S/C23H28F2N2O/c1-15-7-5-8-16(2)21(15)22(28)26-14-23(27(3)4)10-6-9-20(23)17-11-18(24)13-19(25)12-17/h5,7-8,11-13,20H,6,9-10,14H2,1-4H3,(H,26,28). The van der Waals surface area contributed by atoms with Crippen LogP contribution in [0, 0.1) is 25.5 Å². The molecule has 0 heterocycles. The van der Waals surface area contributed by atoms with Gasteiger partial charge in [-0.15, -0.1) is 0 Å². The monoisotopic (exact) mass is 386 g/mol. The SMILES string of the molecule is Cc1cccc(C)c1C(=O)NCC1(N(C)C)CCCC1c1cc(F)cc(F)c1. The fourth-order valence-electron chi connectivity index (χ4n) is 4.71. The number of nitrogens with one attached hydrogen (secondary N) is 1. The van der Waals surface area contributed by atoms with E-state index < -0.39 is 11.6 Å². The van der Waals surface area contributed by atoms with Gasteiger partial charge >= 0.3 is 0 Å². The van der Waals surface area contributed by atoms with Crippen LogP contribution in [-0.2, 0) is 0 Å². The molecule has 2 unspecified atom stereocenters. The fourth-order valence-corrected chi connectivity index (χ4v) is 4.71. The summed E-state index contributed by atoms with van der Waals surface area (Å²) in [6, 6.07) is 9.54. The Bertz CT molecular complexity index is 840. The Kier molecular flexibility index (Phi) is 5.84. The molecule has 1 aliphatic rings. The normalized spacial score (nSPS) is 21.9. The number of hydrogen-bond acceptors (Lipinski definition) is 2. The van der Waals surface area contributed by atoms with Gasteiger partial charge in [0.2, 0.25) is 0 Å². The van der Waals surface area contributed by atoms with E-state index in [1.54, 1.807) is 0 Å². The van der Waals surface area contributed by atoms with E-state index in [0.717, 1.165) is 36.5 Å². The third kappa shape index (κ3) is 3.81. The lowest BCUT2D eigenvalue weighted by atomic mass is 9.80. The quantitative estimate of drug-likeness (QED) is 0.816. The summed E-state index contributed by atoms with van der Waals surface area (Å²) in [6.07, 6.45) is 2.64. The molecular formula is C23H28F2N2O. The number of carbonyl (C=O) groups excluding carboxylic acids is 1. The minimum atomic E-state index is -0.561. The van der Waals surface area contributed by atoms with Gasteiger partial charge in [-0.2, -0.15) is 0 Å². The number of nitrogens with zero attached hydrogens (tertiary/aromatic N) is 1. The number of hydrogen-bond donors (Lipinski definition) is 1. The van der Waals surface area contributed by atoms with Crippen LogP contribution in [0.15, 0.2) is 36.4 Å². The third-order valence-electron chi connectivity index (χ3n) is 6.19. The molecule has 0 saturated heterocycles. The number of halogens is 2. The first-order valence-corrected chi connectivity index (χ1v) is 9.72. The number of amides is 1. The summed E-state index contributed by atoms with van der Waals surface area (Å²) in [5.41, 5.74) is 2.85. The van der Waals surface area contributed by atoms with Gasteiger partial charge in [-0.3, -0.25) is 4.79 Å². The van der Waals surface area contributed by atoms with Crippen molar-refractivity contribution in [1.29, 1.82) is 0 Å². The van der Waals surface area contributed by atoms with Crippen molar-refractivity contribution >= 4 is 5.91 Å². The molecule has 1 fully saturated rings. The molecule has 3 nitrogen and oxygen atoms in total. The van der Waals surface area contributed by atoms with Gasteiger partial charge in [0.05, 0.1) is 0 Å². The molecule has 1 saturated carbocycles. The maximum absolute atomic E-state index is 13.8.